The van der Waals surface area contributed by atoms with Gasteiger partial charge in [0.2, 0.25) is 0 Å². The maximum absolute atomic E-state index is 10.4. The second-order valence-corrected chi connectivity index (χ2v) is 5.82. The predicted molar refractivity (Wildman–Crippen MR) is 79.4 cm³/mol. The molecule has 1 saturated heterocycles. The molecule has 3 nitrogen and oxygen atoms in total. The molecule has 0 aromatic heterocycles. The van der Waals surface area contributed by atoms with E-state index in [2.05, 4.69) is 48.9 Å². The van der Waals surface area contributed by atoms with Gasteiger partial charge >= 0.3 is 0 Å². The van der Waals surface area contributed by atoms with E-state index < -0.39 is 0 Å². The summed E-state index contributed by atoms with van der Waals surface area (Å²) in [6.45, 7) is 9.36. The van der Waals surface area contributed by atoms with E-state index in [4.69, 9.17) is 0 Å². The molecule has 0 bridgehead atoms. The van der Waals surface area contributed by atoms with E-state index in [1.165, 1.54) is 17.5 Å². The Balaban J connectivity index is 1.96. The summed E-state index contributed by atoms with van der Waals surface area (Å²) in [6.07, 6.45) is 0.818. The van der Waals surface area contributed by atoms with Crippen molar-refractivity contribution >= 4 is 0 Å². The summed E-state index contributed by atoms with van der Waals surface area (Å²) in [4.78, 5) is 4.74. The van der Waals surface area contributed by atoms with Gasteiger partial charge in [-0.3, -0.25) is 4.90 Å². The van der Waals surface area contributed by atoms with Crippen molar-refractivity contribution in [2.45, 2.75) is 26.4 Å². The molecule has 0 radical (unpaired) electrons. The van der Waals surface area contributed by atoms with E-state index in [-0.39, 0.29) is 6.10 Å². The zero-order chi connectivity index (χ0) is 13.8. The first kappa shape index (κ1) is 14.5. The Hall–Kier alpha value is -0.900. The molecule has 0 spiro atoms. The van der Waals surface area contributed by atoms with Gasteiger partial charge < -0.3 is 10.0 Å². The van der Waals surface area contributed by atoms with Crippen LogP contribution in [0.1, 0.15) is 29.2 Å². The first-order valence-electron chi connectivity index (χ1n) is 7.22. The highest BCUT2D eigenvalue weighted by Crippen LogP contribution is 2.18. The Labute approximate surface area is 116 Å². The predicted octanol–water partition coefficient (Wildman–Crippen LogP) is 1.97. The van der Waals surface area contributed by atoms with Crippen LogP contribution < -0.4 is 0 Å². The van der Waals surface area contributed by atoms with Crippen molar-refractivity contribution in [3.05, 3.63) is 34.9 Å². The Bertz CT molecular complexity index is 419. The third-order valence-electron chi connectivity index (χ3n) is 4.16. The summed E-state index contributed by atoms with van der Waals surface area (Å²) in [5, 5.41) is 10.4. The van der Waals surface area contributed by atoms with Crippen LogP contribution in [0.15, 0.2) is 18.2 Å². The molecule has 1 N–H and O–H groups in total. The van der Waals surface area contributed by atoms with Crippen molar-refractivity contribution in [2.24, 2.45) is 0 Å². The monoisotopic (exact) mass is 262 g/mol. The molecule has 3 heteroatoms. The third-order valence-corrected chi connectivity index (χ3v) is 4.16. The number of β-amino-alcohol motifs (C(OH)–C–C–N with tert-alkyl or cyclic N) is 1. The third kappa shape index (κ3) is 4.03. The molecule has 106 valence electrons. The molecule has 1 aliphatic heterocycles. The number of likely N-dealkylation sites (N-methyl/N-ethyl adjacent to an activating group) is 1. The van der Waals surface area contributed by atoms with Crippen LogP contribution in [-0.4, -0.2) is 54.7 Å². The van der Waals surface area contributed by atoms with Gasteiger partial charge in [0.15, 0.2) is 0 Å². The van der Waals surface area contributed by atoms with Crippen molar-refractivity contribution < 1.29 is 5.11 Å². The van der Waals surface area contributed by atoms with Gasteiger partial charge in [-0.15, -0.1) is 0 Å². The van der Waals surface area contributed by atoms with Gasteiger partial charge in [-0.1, -0.05) is 18.2 Å². The first-order valence-corrected chi connectivity index (χ1v) is 7.22. The van der Waals surface area contributed by atoms with Crippen molar-refractivity contribution in [1.29, 1.82) is 0 Å². The van der Waals surface area contributed by atoms with Gasteiger partial charge in [0.05, 0.1) is 6.10 Å². The lowest BCUT2D eigenvalue weighted by molar-refractivity contribution is 0.115. The summed E-state index contributed by atoms with van der Waals surface area (Å²) in [5.41, 5.74) is 3.58. The standard InChI is InChI=1S/C16H26N2O/c1-13-5-6-15(11-14(13)2)16(19)12-18-8-4-7-17(3)9-10-18/h5-6,11,16,19H,4,7-10,12H2,1-3H3. The van der Waals surface area contributed by atoms with Crippen LogP contribution in [0.5, 0.6) is 0 Å². The molecule has 0 amide bonds. The Morgan fingerprint density at radius 3 is 2.63 bits per heavy atom. The van der Waals surface area contributed by atoms with E-state index in [1.54, 1.807) is 0 Å². The Morgan fingerprint density at radius 2 is 1.89 bits per heavy atom. The van der Waals surface area contributed by atoms with Crippen molar-refractivity contribution in [3.8, 4) is 0 Å². The molecule has 1 unspecified atom stereocenters. The van der Waals surface area contributed by atoms with Crippen LogP contribution >= 0.6 is 0 Å². The van der Waals surface area contributed by atoms with Crippen LogP contribution in [0.25, 0.3) is 0 Å². The number of rotatable bonds is 3. The van der Waals surface area contributed by atoms with E-state index in [1.807, 2.05) is 0 Å². The maximum Gasteiger partial charge on any atom is 0.0917 e. The molecular formula is C16H26N2O. The van der Waals surface area contributed by atoms with Gasteiger partial charge in [0.1, 0.15) is 0 Å². The second kappa shape index (κ2) is 6.51. The van der Waals surface area contributed by atoms with Crippen molar-refractivity contribution in [3.63, 3.8) is 0 Å². The van der Waals surface area contributed by atoms with Crippen LogP contribution in [0.2, 0.25) is 0 Å². The maximum atomic E-state index is 10.4. The van der Waals surface area contributed by atoms with Crippen molar-refractivity contribution in [2.75, 3.05) is 39.8 Å². The van der Waals surface area contributed by atoms with E-state index >= 15 is 0 Å². The average Bonchev–Trinajstić information content (AvgIpc) is 2.58. The zero-order valence-corrected chi connectivity index (χ0v) is 12.4. The van der Waals surface area contributed by atoms with Crippen LogP contribution in [-0.2, 0) is 0 Å². The van der Waals surface area contributed by atoms with Gasteiger partial charge in [-0.05, 0) is 57.1 Å². The molecule has 0 saturated carbocycles. The van der Waals surface area contributed by atoms with Gasteiger partial charge in [-0.2, -0.15) is 0 Å². The molecule has 19 heavy (non-hydrogen) atoms. The molecule has 0 aliphatic carbocycles. The summed E-state index contributed by atoms with van der Waals surface area (Å²) < 4.78 is 0. The zero-order valence-electron chi connectivity index (χ0n) is 12.4. The van der Waals surface area contributed by atoms with Crippen LogP contribution in [0.4, 0.5) is 0 Å². The Morgan fingerprint density at radius 1 is 1.11 bits per heavy atom. The number of benzene rings is 1. The fourth-order valence-electron chi connectivity index (χ4n) is 2.60. The molecule has 1 aliphatic rings. The topological polar surface area (TPSA) is 26.7 Å². The number of aliphatic hydroxyl groups excluding tert-OH is 1. The minimum atomic E-state index is -0.372. The first-order chi connectivity index (χ1) is 9.06. The van der Waals surface area contributed by atoms with Gasteiger partial charge in [0.25, 0.3) is 0 Å². The highest BCUT2D eigenvalue weighted by atomic mass is 16.3. The highest BCUT2D eigenvalue weighted by Gasteiger charge is 2.16. The van der Waals surface area contributed by atoms with Crippen LogP contribution in [0.3, 0.4) is 0 Å². The molecule has 1 aromatic carbocycles. The lowest BCUT2D eigenvalue weighted by Crippen LogP contribution is -2.32. The molecule has 1 fully saturated rings. The number of hydrogen-bond donors (Lipinski definition) is 1. The fraction of sp³-hybridized carbons (Fsp3) is 0.625. The minimum absolute atomic E-state index is 0.372. The van der Waals surface area contributed by atoms with E-state index in [0.29, 0.717) is 0 Å². The normalized spacial score (nSPS) is 20.2. The lowest BCUT2D eigenvalue weighted by Gasteiger charge is -2.23. The molecule has 1 aromatic rings. The smallest absolute Gasteiger partial charge is 0.0917 e. The average molecular weight is 262 g/mol. The summed E-state index contributed by atoms with van der Waals surface area (Å²) >= 11 is 0. The fourth-order valence-corrected chi connectivity index (χ4v) is 2.60. The number of aliphatic hydroxyl groups is 1. The highest BCUT2D eigenvalue weighted by molar-refractivity contribution is 5.31. The van der Waals surface area contributed by atoms with Gasteiger partial charge in [0, 0.05) is 19.6 Å². The molecule has 1 heterocycles. The van der Waals surface area contributed by atoms with E-state index in [0.717, 1.165) is 38.3 Å². The molecule has 1 atom stereocenters. The molecule has 2 rings (SSSR count). The summed E-state index contributed by atoms with van der Waals surface area (Å²) in [6, 6.07) is 6.27. The number of hydrogen-bond acceptors (Lipinski definition) is 3. The molecular weight excluding hydrogens is 236 g/mol. The quantitative estimate of drug-likeness (QED) is 0.902. The van der Waals surface area contributed by atoms with Crippen molar-refractivity contribution in [1.82, 2.24) is 9.80 Å². The number of nitrogens with zero attached hydrogens (tertiary/aromatic N) is 2. The summed E-state index contributed by atoms with van der Waals surface area (Å²) in [5.74, 6) is 0. The SMILES string of the molecule is Cc1ccc(C(O)CN2CCCN(C)CC2)cc1C. The second-order valence-electron chi connectivity index (χ2n) is 5.82. The number of aryl methyl sites for hydroxylation is 2. The lowest BCUT2D eigenvalue weighted by atomic mass is 10.0. The van der Waals surface area contributed by atoms with E-state index in [9.17, 15) is 5.11 Å². The van der Waals surface area contributed by atoms with Crippen LogP contribution in [0, 0.1) is 13.8 Å². The summed E-state index contributed by atoms with van der Waals surface area (Å²) in [7, 11) is 2.17. The Kier molecular flexibility index (Phi) is 4.97. The largest absolute Gasteiger partial charge is 0.387 e. The minimum Gasteiger partial charge on any atom is -0.387 e. The van der Waals surface area contributed by atoms with Gasteiger partial charge in [-0.25, -0.2) is 0 Å².